The van der Waals surface area contributed by atoms with Gasteiger partial charge in [0.05, 0.1) is 11.2 Å². The van der Waals surface area contributed by atoms with E-state index >= 15 is 0 Å². The maximum Gasteiger partial charge on any atom is 0.416 e. The van der Waals surface area contributed by atoms with Gasteiger partial charge in [0.2, 0.25) is 0 Å². The molecule has 2 N–H and O–H groups in total. The molecule has 0 radical (unpaired) electrons. The second-order valence-corrected chi connectivity index (χ2v) is 8.09. The lowest BCUT2D eigenvalue weighted by molar-refractivity contribution is -0.137. The molecule has 1 atom stereocenters. The molecule has 1 saturated heterocycles. The molecule has 4 rings (SSSR count). The number of halogens is 3. The summed E-state index contributed by atoms with van der Waals surface area (Å²) in [5.74, 6) is 0.0875. The summed E-state index contributed by atoms with van der Waals surface area (Å²) in [6.07, 6.45) is -2.16. The highest BCUT2D eigenvalue weighted by Gasteiger charge is 2.35. The van der Waals surface area contributed by atoms with E-state index in [1.807, 2.05) is 4.90 Å². The lowest BCUT2D eigenvalue weighted by atomic mass is 9.90. The zero-order valence-electron chi connectivity index (χ0n) is 16.5. The number of alkyl halides is 3. The third kappa shape index (κ3) is 3.65. The van der Waals surface area contributed by atoms with Crippen molar-refractivity contribution in [3.63, 3.8) is 0 Å². The Labute approximate surface area is 171 Å². The minimum atomic E-state index is -4.55. The summed E-state index contributed by atoms with van der Waals surface area (Å²) in [6, 6.07) is 6.22. The number of rotatable bonds is 3. The average Bonchev–Trinajstić information content (AvgIpc) is 3.17. The van der Waals surface area contributed by atoms with Crippen molar-refractivity contribution in [1.29, 1.82) is 0 Å². The Kier molecular flexibility index (Phi) is 4.80. The van der Waals surface area contributed by atoms with Crippen LogP contribution in [0.3, 0.4) is 0 Å². The second-order valence-electron chi connectivity index (χ2n) is 8.09. The van der Waals surface area contributed by atoms with Crippen molar-refractivity contribution in [2.45, 2.75) is 32.0 Å². The number of phenols is 1. The maximum absolute atomic E-state index is 12.9. The van der Waals surface area contributed by atoms with Gasteiger partial charge in [-0.05, 0) is 50.6 Å². The minimum Gasteiger partial charge on any atom is -0.507 e. The Morgan fingerprint density at radius 2 is 1.90 bits per heavy atom. The van der Waals surface area contributed by atoms with Crippen LogP contribution in [0.15, 0.2) is 36.5 Å². The molecule has 0 bridgehead atoms. The molecule has 1 aliphatic rings. The molecule has 0 amide bonds. The van der Waals surface area contributed by atoms with Crippen LogP contribution in [0.1, 0.15) is 25.8 Å². The molecular weight excluding hydrogens is 397 g/mol. The first-order valence-corrected chi connectivity index (χ1v) is 9.55. The number of anilines is 1. The van der Waals surface area contributed by atoms with Gasteiger partial charge in [-0.1, -0.05) is 0 Å². The third-order valence-corrected chi connectivity index (χ3v) is 5.59. The van der Waals surface area contributed by atoms with Crippen LogP contribution >= 0.6 is 0 Å². The molecule has 6 nitrogen and oxygen atoms in total. The van der Waals surface area contributed by atoms with Crippen molar-refractivity contribution in [3.05, 3.63) is 42.1 Å². The van der Waals surface area contributed by atoms with Gasteiger partial charge in [-0.2, -0.15) is 13.2 Å². The van der Waals surface area contributed by atoms with Gasteiger partial charge in [0.25, 0.3) is 0 Å². The lowest BCUT2D eigenvalue weighted by Crippen LogP contribution is -2.33. The Balaban J connectivity index is 1.78. The van der Waals surface area contributed by atoms with Gasteiger partial charge in [-0.25, -0.2) is 0 Å². The monoisotopic (exact) mass is 418 g/mol. The van der Waals surface area contributed by atoms with Crippen molar-refractivity contribution >= 4 is 16.7 Å². The highest BCUT2D eigenvalue weighted by Crippen LogP contribution is 2.39. The maximum atomic E-state index is 12.9. The third-order valence-electron chi connectivity index (χ3n) is 5.59. The van der Waals surface area contributed by atoms with E-state index in [9.17, 15) is 23.4 Å². The number of hydrogen-bond donors (Lipinski definition) is 2. The van der Waals surface area contributed by atoms with Crippen molar-refractivity contribution < 1.29 is 23.4 Å². The van der Waals surface area contributed by atoms with Crippen molar-refractivity contribution in [1.82, 2.24) is 15.2 Å². The molecule has 0 saturated carbocycles. The summed E-state index contributed by atoms with van der Waals surface area (Å²) >= 11 is 0. The van der Waals surface area contributed by atoms with Gasteiger partial charge >= 0.3 is 6.18 Å². The molecule has 9 heteroatoms. The lowest BCUT2D eigenvalue weighted by Gasteiger charge is -2.26. The number of aromatic hydroxyl groups is 1. The predicted octanol–water partition coefficient (Wildman–Crippen LogP) is 4.01. The first kappa shape index (κ1) is 20.3. The fraction of sp³-hybridized carbons (Fsp3) is 0.381. The number of fused-ring (bicyclic) bond motifs is 1. The molecule has 0 aliphatic carbocycles. The molecule has 1 aromatic carbocycles. The van der Waals surface area contributed by atoms with E-state index in [0.29, 0.717) is 35.9 Å². The molecule has 1 aliphatic heterocycles. The summed E-state index contributed by atoms with van der Waals surface area (Å²) in [4.78, 5) is 6.42. The molecule has 2 aromatic heterocycles. The summed E-state index contributed by atoms with van der Waals surface area (Å²) in [5, 5.41) is 29.7. The normalized spacial score (nSPS) is 17.7. The van der Waals surface area contributed by atoms with E-state index in [-0.39, 0.29) is 17.2 Å². The van der Waals surface area contributed by atoms with Crippen LogP contribution in [-0.4, -0.2) is 44.1 Å². The van der Waals surface area contributed by atoms with Crippen LogP contribution in [0.4, 0.5) is 19.0 Å². The molecule has 3 aromatic rings. The van der Waals surface area contributed by atoms with Crippen LogP contribution < -0.4 is 4.90 Å². The quantitative estimate of drug-likeness (QED) is 0.669. The molecule has 1 fully saturated rings. The number of pyridine rings is 1. The van der Waals surface area contributed by atoms with Crippen LogP contribution in [0, 0.1) is 5.92 Å². The van der Waals surface area contributed by atoms with E-state index in [1.54, 1.807) is 32.2 Å². The Morgan fingerprint density at radius 1 is 1.13 bits per heavy atom. The van der Waals surface area contributed by atoms with Gasteiger partial charge in [0, 0.05) is 36.2 Å². The smallest absolute Gasteiger partial charge is 0.416 e. The molecule has 0 unspecified atom stereocenters. The largest absolute Gasteiger partial charge is 0.507 e. The minimum absolute atomic E-state index is 0.0664. The molecule has 3 heterocycles. The molecule has 30 heavy (non-hydrogen) atoms. The summed E-state index contributed by atoms with van der Waals surface area (Å²) < 4.78 is 38.8. The van der Waals surface area contributed by atoms with Crippen molar-refractivity contribution in [2.75, 3.05) is 18.0 Å². The molecular formula is C21H21F3N4O2. The first-order chi connectivity index (χ1) is 14.1. The summed E-state index contributed by atoms with van der Waals surface area (Å²) in [5.41, 5.74) is -0.817. The van der Waals surface area contributed by atoms with Crippen LogP contribution in [0.5, 0.6) is 5.75 Å². The van der Waals surface area contributed by atoms with E-state index < -0.39 is 23.1 Å². The average molecular weight is 418 g/mol. The predicted molar refractivity (Wildman–Crippen MR) is 106 cm³/mol. The van der Waals surface area contributed by atoms with Crippen LogP contribution in [-0.2, 0) is 6.18 Å². The molecule has 158 valence electrons. The van der Waals surface area contributed by atoms with Gasteiger partial charge < -0.3 is 15.1 Å². The Hall–Kier alpha value is -2.94. The number of nitrogens with zero attached hydrogens (tertiary/aromatic N) is 4. The SMILES string of the molecule is CC(C)(O)[C@@H]1CCN(c2nnc(-c3ccc(C(F)(F)F)cc3O)c3cccnc23)C1. The number of benzene rings is 1. The van der Waals surface area contributed by atoms with Crippen molar-refractivity contribution in [3.8, 4) is 17.0 Å². The van der Waals surface area contributed by atoms with Gasteiger partial charge in [0.15, 0.2) is 5.82 Å². The van der Waals surface area contributed by atoms with E-state index in [0.717, 1.165) is 12.5 Å². The molecule has 0 spiro atoms. The van der Waals surface area contributed by atoms with E-state index in [4.69, 9.17) is 0 Å². The summed E-state index contributed by atoms with van der Waals surface area (Å²) in [6.45, 7) is 4.83. The van der Waals surface area contributed by atoms with E-state index in [1.165, 1.54) is 6.07 Å². The van der Waals surface area contributed by atoms with Gasteiger partial charge in [-0.15, -0.1) is 10.2 Å². The van der Waals surface area contributed by atoms with Gasteiger partial charge in [-0.3, -0.25) is 4.98 Å². The zero-order chi connectivity index (χ0) is 21.7. The number of aromatic nitrogens is 3. The van der Waals surface area contributed by atoms with E-state index in [2.05, 4.69) is 15.2 Å². The van der Waals surface area contributed by atoms with Crippen LogP contribution in [0.25, 0.3) is 22.2 Å². The van der Waals surface area contributed by atoms with Crippen molar-refractivity contribution in [2.24, 2.45) is 5.92 Å². The zero-order valence-corrected chi connectivity index (χ0v) is 16.5. The summed E-state index contributed by atoms with van der Waals surface area (Å²) in [7, 11) is 0. The standard InChI is InChI=1S/C21H21F3N4O2/c1-20(2,30)13-7-9-28(11-13)19-18-15(4-3-8-25-18)17(26-27-19)14-6-5-12(10-16(14)29)21(22,23)24/h3-6,8,10,13,29-30H,7,9,11H2,1-2H3/t13-/m1/s1. The van der Waals surface area contributed by atoms with Gasteiger partial charge in [0.1, 0.15) is 17.0 Å². The number of hydrogen-bond acceptors (Lipinski definition) is 6. The van der Waals surface area contributed by atoms with Crippen LogP contribution in [0.2, 0.25) is 0 Å². The highest BCUT2D eigenvalue weighted by molar-refractivity contribution is 5.98. The fourth-order valence-electron chi connectivity index (χ4n) is 3.82. The fourth-order valence-corrected chi connectivity index (χ4v) is 3.82. The Morgan fingerprint density at radius 3 is 2.53 bits per heavy atom. The topological polar surface area (TPSA) is 82.4 Å². The first-order valence-electron chi connectivity index (χ1n) is 9.55. The number of phenolic OH excluding ortho intramolecular Hbond substituents is 1. The second kappa shape index (κ2) is 7.09. The Bertz CT molecular complexity index is 1100. The highest BCUT2D eigenvalue weighted by atomic mass is 19.4. The number of aliphatic hydroxyl groups is 1.